The molecule has 134 valence electrons. The number of hydrogen-bond donors (Lipinski definition) is 3. The van der Waals surface area contributed by atoms with Crippen molar-refractivity contribution in [3.63, 3.8) is 0 Å². The van der Waals surface area contributed by atoms with E-state index in [-0.39, 0.29) is 11.4 Å². The molecule has 0 bridgehead atoms. The van der Waals surface area contributed by atoms with Gasteiger partial charge in [0.2, 0.25) is 5.95 Å². The zero-order valence-electron chi connectivity index (χ0n) is 14.8. The molecule has 0 saturated heterocycles. The summed E-state index contributed by atoms with van der Waals surface area (Å²) in [6.07, 6.45) is 6.82. The summed E-state index contributed by atoms with van der Waals surface area (Å²) in [5.41, 5.74) is 9.02. The normalized spacial score (nSPS) is 18.7. The standard InChI is InChI=1S/C17H24ClN7/c1-10-4-5-12(6-14(10)18)8-20-15-13-9-22-25(3)16(13)24-17(23-15)21-7-11(2)19/h4-5,9,11,14H,6-8,19H2,1-3H3,(H2,20,21,23,24). The first-order valence-electron chi connectivity index (χ1n) is 8.37. The van der Waals surface area contributed by atoms with Crippen LogP contribution in [0.5, 0.6) is 0 Å². The molecule has 3 rings (SSSR count). The van der Waals surface area contributed by atoms with Crippen molar-refractivity contribution in [2.24, 2.45) is 12.8 Å². The van der Waals surface area contributed by atoms with E-state index in [9.17, 15) is 0 Å². The van der Waals surface area contributed by atoms with Crippen LogP contribution in [0.25, 0.3) is 11.0 Å². The lowest BCUT2D eigenvalue weighted by atomic mass is 9.99. The highest BCUT2D eigenvalue weighted by molar-refractivity contribution is 6.22. The van der Waals surface area contributed by atoms with Gasteiger partial charge in [-0.05, 0) is 25.8 Å². The Kier molecular flexibility index (Phi) is 5.24. The Morgan fingerprint density at radius 1 is 1.36 bits per heavy atom. The van der Waals surface area contributed by atoms with Crippen LogP contribution in [0.15, 0.2) is 29.5 Å². The number of nitrogens with zero attached hydrogens (tertiary/aromatic N) is 4. The number of nitrogens with two attached hydrogens (primary N) is 1. The molecule has 8 heteroatoms. The van der Waals surface area contributed by atoms with Crippen LogP contribution in [0.4, 0.5) is 11.8 Å². The van der Waals surface area contributed by atoms with E-state index in [1.165, 1.54) is 11.1 Å². The third-order valence-corrected chi connectivity index (χ3v) is 4.67. The molecule has 4 N–H and O–H groups in total. The van der Waals surface area contributed by atoms with Gasteiger partial charge in [-0.15, -0.1) is 11.6 Å². The molecule has 2 aromatic rings. The van der Waals surface area contributed by atoms with Gasteiger partial charge in [0.1, 0.15) is 5.82 Å². The Hall–Kier alpha value is -2.12. The van der Waals surface area contributed by atoms with Gasteiger partial charge < -0.3 is 16.4 Å². The van der Waals surface area contributed by atoms with Crippen molar-refractivity contribution in [3.05, 3.63) is 29.5 Å². The molecule has 0 fully saturated rings. The third-order valence-electron chi connectivity index (χ3n) is 4.17. The molecule has 0 amide bonds. The number of nitrogens with one attached hydrogen (secondary N) is 2. The highest BCUT2D eigenvalue weighted by atomic mass is 35.5. The lowest BCUT2D eigenvalue weighted by Gasteiger charge is -2.18. The number of hydrogen-bond acceptors (Lipinski definition) is 6. The number of rotatable bonds is 6. The van der Waals surface area contributed by atoms with E-state index in [2.05, 4.69) is 44.8 Å². The van der Waals surface area contributed by atoms with E-state index >= 15 is 0 Å². The van der Waals surface area contributed by atoms with Gasteiger partial charge >= 0.3 is 0 Å². The minimum atomic E-state index is 0.0188. The van der Waals surface area contributed by atoms with Crippen LogP contribution < -0.4 is 16.4 Å². The van der Waals surface area contributed by atoms with Gasteiger partial charge in [-0.2, -0.15) is 15.1 Å². The van der Waals surface area contributed by atoms with E-state index in [0.29, 0.717) is 19.0 Å². The van der Waals surface area contributed by atoms with Crippen molar-refractivity contribution >= 4 is 34.4 Å². The summed E-state index contributed by atoms with van der Waals surface area (Å²) in [4.78, 5) is 9.11. The highest BCUT2D eigenvalue weighted by Crippen LogP contribution is 2.25. The fourth-order valence-electron chi connectivity index (χ4n) is 2.63. The molecule has 0 aliphatic heterocycles. The van der Waals surface area contributed by atoms with Gasteiger partial charge in [-0.25, -0.2) is 0 Å². The van der Waals surface area contributed by atoms with Gasteiger partial charge in [0.05, 0.1) is 17.0 Å². The van der Waals surface area contributed by atoms with Crippen molar-refractivity contribution in [2.75, 3.05) is 23.7 Å². The number of halogens is 1. The predicted molar refractivity (Wildman–Crippen MR) is 103 cm³/mol. The Bertz CT molecular complexity index is 822. The lowest BCUT2D eigenvalue weighted by Crippen LogP contribution is -2.26. The second-order valence-corrected chi connectivity index (χ2v) is 7.05. The molecule has 2 atom stereocenters. The van der Waals surface area contributed by atoms with E-state index in [1.54, 1.807) is 10.9 Å². The van der Waals surface area contributed by atoms with Crippen LogP contribution in [0.1, 0.15) is 20.3 Å². The van der Waals surface area contributed by atoms with Gasteiger partial charge in [-0.3, -0.25) is 4.68 Å². The Morgan fingerprint density at radius 2 is 2.16 bits per heavy atom. The van der Waals surface area contributed by atoms with Crippen LogP contribution in [0.3, 0.4) is 0 Å². The molecule has 2 aromatic heterocycles. The predicted octanol–water partition coefficient (Wildman–Crippen LogP) is 2.42. The van der Waals surface area contributed by atoms with E-state index < -0.39 is 0 Å². The first-order chi connectivity index (χ1) is 11.9. The van der Waals surface area contributed by atoms with Crippen molar-refractivity contribution < 1.29 is 0 Å². The zero-order valence-corrected chi connectivity index (χ0v) is 15.5. The highest BCUT2D eigenvalue weighted by Gasteiger charge is 2.15. The van der Waals surface area contributed by atoms with Crippen LogP contribution in [-0.2, 0) is 7.05 Å². The van der Waals surface area contributed by atoms with Gasteiger partial charge in [0.25, 0.3) is 0 Å². The van der Waals surface area contributed by atoms with Crippen molar-refractivity contribution in [3.8, 4) is 0 Å². The van der Waals surface area contributed by atoms with Crippen molar-refractivity contribution in [1.82, 2.24) is 19.7 Å². The summed E-state index contributed by atoms with van der Waals surface area (Å²) in [7, 11) is 1.86. The molecule has 2 heterocycles. The second kappa shape index (κ2) is 7.41. The maximum absolute atomic E-state index is 6.34. The van der Waals surface area contributed by atoms with Gasteiger partial charge in [-0.1, -0.05) is 17.7 Å². The summed E-state index contributed by atoms with van der Waals surface area (Å²) in [5, 5.41) is 11.8. The molecular formula is C17H24ClN7. The number of aryl methyl sites for hydroxylation is 1. The van der Waals surface area contributed by atoms with E-state index in [4.69, 9.17) is 17.3 Å². The Morgan fingerprint density at radius 3 is 2.88 bits per heavy atom. The summed E-state index contributed by atoms with van der Waals surface area (Å²) < 4.78 is 1.74. The lowest BCUT2D eigenvalue weighted by molar-refractivity contribution is 0.768. The molecule has 2 unspecified atom stereocenters. The van der Waals surface area contributed by atoms with Crippen LogP contribution in [0.2, 0.25) is 0 Å². The largest absolute Gasteiger partial charge is 0.366 e. The molecule has 25 heavy (non-hydrogen) atoms. The number of anilines is 2. The van der Waals surface area contributed by atoms with Crippen LogP contribution in [0, 0.1) is 0 Å². The molecule has 0 spiro atoms. The van der Waals surface area contributed by atoms with Crippen molar-refractivity contribution in [2.45, 2.75) is 31.7 Å². The minimum absolute atomic E-state index is 0.0188. The van der Waals surface area contributed by atoms with E-state index in [1.807, 2.05) is 14.0 Å². The first-order valence-corrected chi connectivity index (χ1v) is 8.81. The van der Waals surface area contributed by atoms with Gasteiger partial charge in [0.15, 0.2) is 5.65 Å². The summed E-state index contributed by atoms with van der Waals surface area (Å²) in [6.45, 7) is 5.27. The molecule has 7 nitrogen and oxygen atoms in total. The zero-order chi connectivity index (χ0) is 18.0. The Labute approximate surface area is 152 Å². The number of fused-ring (bicyclic) bond motifs is 1. The second-order valence-electron chi connectivity index (χ2n) is 6.52. The first kappa shape index (κ1) is 17.7. The SMILES string of the molecule is CC1=CC=C(CNc2nc(NCC(C)N)nc3c2cnn3C)CC1Cl. The third kappa shape index (κ3) is 4.11. The summed E-state index contributed by atoms with van der Waals surface area (Å²) in [6, 6.07) is 0.0188. The fraction of sp³-hybridized carbons (Fsp3) is 0.471. The van der Waals surface area contributed by atoms with Crippen molar-refractivity contribution in [1.29, 1.82) is 0 Å². The number of aromatic nitrogens is 4. The average Bonchev–Trinajstić information content (AvgIpc) is 2.95. The summed E-state index contributed by atoms with van der Waals surface area (Å²) in [5.74, 6) is 1.29. The maximum atomic E-state index is 6.34. The quantitative estimate of drug-likeness (QED) is 0.684. The smallest absolute Gasteiger partial charge is 0.226 e. The monoisotopic (exact) mass is 361 g/mol. The average molecular weight is 362 g/mol. The number of allylic oxidation sites excluding steroid dienone is 3. The molecule has 1 aliphatic rings. The van der Waals surface area contributed by atoms with Crippen LogP contribution in [-0.4, -0.2) is 44.3 Å². The Balaban J connectivity index is 1.82. The molecule has 0 saturated carbocycles. The maximum Gasteiger partial charge on any atom is 0.226 e. The minimum Gasteiger partial charge on any atom is -0.366 e. The summed E-state index contributed by atoms with van der Waals surface area (Å²) >= 11 is 6.34. The topological polar surface area (TPSA) is 93.7 Å². The van der Waals surface area contributed by atoms with E-state index in [0.717, 1.165) is 23.3 Å². The van der Waals surface area contributed by atoms with Gasteiger partial charge in [0, 0.05) is 26.2 Å². The molecule has 0 radical (unpaired) electrons. The van der Waals surface area contributed by atoms with Crippen LogP contribution >= 0.6 is 11.6 Å². The molecule has 0 aromatic carbocycles. The fourth-order valence-corrected chi connectivity index (χ4v) is 2.90. The molecular weight excluding hydrogens is 338 g/mol. The number of alkyl halides is 1. The molecule has 1 aliphatic carbocycles.